The lowest BCUT2D eigenvalue weighted by Gasteiger charge is -2.28. The summed E-state index contributed by atoms with van der Waals surface area (Å²) in [5, 5.41) is 3.21. The smallest absolute Gasteiger partial charge is 0.221 e. The minimum absolute atomic E-state index is 0.141. The minimum Gasteiger partial charge on any atom is -0.497 e. The van der Waals surface area contributed by atoms with E-state index >= 15 is 0 Å². The van der Waals surface area contributed by atoms with Crippen LogP contribution in [0.4, 0.5) is 0 Å². The molecule has 0 radical (unpaired) electrons. The zero-order chi connectivity index (χ0) is 16.1. The quantitative estimate of drug-likeness (QED) is 0.901. The molecule has 1 amide bonds. The van der Waals surface area contributed by atoms with Crippen molar-refractivity contribution in [3.8, 4) is 5.75 Å². The number of hydrogen-bond donors (Lipinski definition) is 1. The molecule has 0 bridgehead atoms. The first-order chi connectivity index (χ1) is 11.3. The third kappa shape index (κ3) is 4.24. The van der Waals surface area contributed by atoms with Crippen molar-refractivity contribution in [2.24, 2.45) is 0 Å². The van der Waals surface area contributed by atoms with Gasteiger partial charge in [-0.25, -0.2) is 0 Å². The van der Waals surface area contributed by atoms with E-state index in [4.69, 9.17) is 9.47 Å². The van der Waals surface area contributed by atoms with Crippen LogP contribution in [0.1, 0.15) is 36.4 Å². The number of aryl methyl sites for hydroxylation is 1. The molecule has 1 aliphatic carbocycles. The molecule has 0 unspecified atom stereocenters. The molecule has 1 aliphatic heterocycles. The number of carbonyl (C=O) groups excluding carboxylic acids is 1. The largest absolute Gasteiger partial charge is 0.497 e. The monoisotopic (exact) mass is 318 g/mol. The predicted octanol–water partition coefficient (Wildman–Crippen LogP) is 1.91. The first-order valence-corrected chi connectivity index (χ1v) is 8.52. The van der Waals surface area contributed by atoms with Crippen molar-refractivity contribution in [3.05, 3.63) is 29.3 Å². The Morgan fingerprint density at radius 3 is 3.00 bits per heavy atom. The second-order valence-electron chi connectivity index (χ2n) is 6.28. The molecule has 0 aromatic heterocycles. The Morgan fingerprint density at radius 2 is 2.22 bits per heavy atom. The van der Waals surface area contributed by atoms with E-state index in [0.717, 1.165) is 57.9 Å². The molecule has 1 aromatic rings. The van der Waals surface area contributed by atoms with Gasteiger partial charge in [0.2, 0.25) is 5.91 Å². The number of fused-ring (bicyclic) bond motifs is 1. The lowest BCUT2D eigenvalue weighted by molar-refractivity contribution is -0.122. The number of morpholine rings is 1. The molecule has 0 saturated carbocycles. The van der Waals surface area contributed by atoms with Crippen molar-refractivity contribution in [3.63, 3.8) is 0 Å². The molecular formula is C18H26N2O3. The zero-order valence-corrected chi connectivity index (χ0v) is 13.8. The average Bonchev–Trinajstić information content (AvgIpc) is 2.60. The average molecular weight is 318 g/mol. The Kier molecular flexibility index (Phi) is 5.51. The third-order valence-corrected chi connectivity index (χ3v) is 4.76. The number of hydrogen-bond acceptors (Lipinski definition) is 4. The molecule has 1 N–H and O–H groups in total. The summed E-state index contributed by atoms with van der Waals surface area (Å²) in [7, 11) is 1.69. The van der Waals surface area contributed by atoms with Gasteiger partial charge in [0.15, 0.2) is 0 Å². The topological polar surface area (TPSA) is 50.8 Å². The summed E-state index contributed by atoms with van der Waals surface area (Å²) in [6.07, 6.45) is 3.74. The fourth-order valence-corrected chi connectivity index (χ4v) is 3.42. The van der Waals surface area contributed by atoms with Gasteiger partial charge in [0.1, 0.15) is 5.75 Å². The maximum Gasteiger partial charge on any atom is 0.221 e. The van der Waals surface area contributed by atoms with Gasteiger partial charge in [0.25, 0.3) is 0 Å². The van der Waals surface area contributed by atoms with Crippen molar-refractivity contribution in [1.82, 2.24) is 10.2 Å². The van der Waals surface area contributed by atoms with Gasteiger partial charge in [0.05, 0.1) is 26.4 Å². The highest BCUT2D eigenvalue weighted by molar-refractivity contribution is 5.76. The van der Waals surface area contributed by atoms with Crippen LogP contribution in [-0.4, -0.2) is 50.8 Å². The van der Waals surface area contributed by atoms with Crippen LogP contribution < -0.4 is 10.1 Å². The van der Waals surface area contributed by atoms with Gasteiger partial charge in [-0.3, -0.25) is 9.69 Å². The van der Waals surface area contributed by atoms with Crippen LogP contribution in [0.5, 0.6) is 5.75 Å². The molecule has 1 saturated heterocycles. The Balaban J connectivity index is 1.55. The lowest BCUT2D eigenvalue weighted by atomic mass is 9.87. The van der Waals surface area contributed by atoms with Gasteiger partial charge in [-0.15, -0.1) is 0 Å². The summed E-state index contributed by atoms with van der Waals surface area (Å²) in [4.78, 5) is 14.6. The second kappa shape index (κ2) is 7.79. The van der Waals surface area contributed by atoms with Gasteiger partial charge < -0.3 is 14.8 Å². The van der Waals surface area contributed by atoms with Crippen LogP contribution in [0, 0.1) is 0 Å². The van der Waals surface area contributed by atoms with E-state index in [0.29, 0.717) is 6.42 Å². The Labute approximate surface area is 137 Å². The summed E-state index contributed by atoms with van der Waals surface area (Å²) in [5.74, 6) is 1.04. The number of carbonyl (C=O) groups is 1. The van der Waals surface area contributed by atoms with Crippen molar-refractivity contribution < 1.29 is 14.3 Å². The molecule has 1 aromatic carbocycles. The van der Waals surface area contributed by atoms with Gasteiger partial charge >= 0.3 is 0 Å². The number of rotatable bonds is 5. The fourth-order valence-electron chi connectivity index (χ4n) is 3.42. The molecule has 3 rings (SSSR count). The van der Waals surface area contributed by atoms with Crippen molar-refractivity contribution in [2.45, 2.75) is 31.7 Å². The van der Waals surface area contributed by atoms with E-state index in [9.17, 15) is 4.79 Å². The first kappa shape index (κ1) is 16.3. The number of ether oxygens (including phenoxy) is 2. The number of benzene rings is 1. The molecule has 5 heteroatoms. The summed E-state index contributed by atoms with van der Waals surface area (Å²) < 4.78 is 10.6. The van der Waals surface area contributed by atoms with Gasteiger partial charge in [0, 0.05) is 26.1 Å². The predicted molar refractivity (Wildman–Crippen MR) is 88.7 cm³/mol. The van der Waals surface area contributed by atoms with Crippen LogP contribution >= 0.6 is 0 Å². The normalized spacial score (nSPS) is 21.5. The number of methoxy groups -OCH3 is 1. The third-order valence-electron chi connectivity index (χ3n) is 4.76. The maximum atomic E-state index is 12.3. The van der Waals surface area contributed by atoms with Crippen LogP contribution in [0.3, 0.4) is 0 Å². The molecule has 23 heavy (non-hydrogen) atoms. The molecule has 1 fully saturated rings. The van der Waals surface area contributed by atoms with E-state index in [1.54, 1.807) is 7.11 Å². The molecular weight excluding hydrogens is 292 g/mol. The summed E-state index contributed by atoms with van der Waals surface area (Å²) >= 11 is 0. The van der Waals surface area contributed by atoms with E-state index in [-0.39, 0.29) is 11.9 Å². The van der Waals surface area contributed by atoms with E-state index in [1.165, 1.54) is 11.1 Å². The number of amides is 1. The molecule has 1 atom stereocenters. The van der Waals surface area contributed by atoms with Gasteiger partial charge in [-0.2, -0.15) is 0 Å². The standard InChI is InChI=1S/C18H26N2O3/c1-22-15-5-6-16-14(13-15)3-2-4-17(16)19-18(21)7-8-20-9-11-23-12-10-20/h5-6,13,17H,2-4,7-12H2,1H3,(H,19,21)/t17-/m1/s1. The highest BCUT2D eigenvalue weighted by Crippen LogP contribution is 2.32. The zero-order valence-electron chi connectivity index (χ0n) is 13.8. The van der Waals surface area contributed by atoms with Crippen molar-refractivity contribution in [1.29, 1.82) is 0 Å². The Hall–Kier alpha value is -1.59. The van der Waals surface area contributed by atoms with E-state index in [1.807, 2.05) is 6.07 Å². The van der Waals surface area contributed by atoms with Crippen LogP contribution in [0.25, 0.3) is 0 Å². The molecule has 2 aliphatic rings. The summed E-state index contributed by atoms with van der Waals surface area (Å²) in [6, 6.07) is 6.32. The van der Waals surface area contributed by atoms with Gasteiger partial charge in [-0.05, 0) is 42.5 Å². The summed E-state index contributed by atoms with van der Waals surface area (Å²) in [5.41, 5.74) is 2.55. The van der Waals surface area contributed by atoms with Crippen molar-refractivity contribution >= 4 is 5.91 Å². The van der Waals surface area contributed by atoms with E-state index in [2.05, 4.69) is 22.3 Å². The summed E-state index contributed by atoms with van der Waals surface area (Å²) in [6.45, 7) is 4.23. The van der Waals surface area contributed by atoms with Crippen LogP contribution in [0.15, 0.2) is 18.2 Å². The SMILES string of the molecule is COc1ccc2c(c1)CCC[C@H]2NC(=O)CCN1CCOCC1. The fraction of sp³-hybridized carbons (Fsp3) is 0.611. The number of nitrogens with one attached hydrogen (secondary N) is 1. The Morgan fingerprint density at radius 1 is 1.39 bits per heavy atom. The second-order valence-corrected chi connectivity index (χ2v) is 6.28. The Bertz CT molecular complexity index is 541. The maximum absolute atomic E-state index is 12.3. The minimum atomic E-state index is 0.141. The van der Waals surface area contributed by atoms with Crippen LogP contribution in [0.2, 0.25) is 0 Å². The van der Waals surface area contributed by atoms with Gasteiger partial charge in [-0.1, -0.05) is 6.07 Å². The first-order valence-electron chi connectivity index (χ1n) is 8.52. The lowest BCUT2D eigenvalue weighted by Crippen LogP contribution is -2.39. The highest BCUT2D eigenvalue weighted by Gasteiger charge is 2.22. The van der Waals surface area contributed by atoms with E-state index < -0.39 is 0 Å². The van der Waals surface area contributed by atoms with Crippen LogP contribution in [-0.2, 0) is 16.0 Å². The number of nitrogens with zero attached hydrogens (tertiary/aromatic N) is 1. The molecule has 0 spiro atoms. The molecule has 1 heterocycles. The molecule has 126 valence electrons. The molecule has 5 nitrogen and oxygen atoms in total. The highest BCUT2D eigenvalue weighted by atomic mass is 16.5. The van der Waals surface area contributed by atoms with Crippen molar-refractivity contribution in [2.75, 3.05) is 40.0 Å².